The van der Waals surface area contributed by atoms with Gasteiger partial charge in [-0.25, -0.2) is 4.98 Å². The molecule has 0 bridgehead atoms. The Hall–Kier alpha value is -3.74. The predicted molar refractivity (Wildman–Crippen MR) is 104 cm³/mol. The normalized spacial score (nSPS) is 13.4. The molecule has 0 aliphatic carbocycles. The highest BCUT2D eigenvalue weighted by Gasteiger charge is 2.27. The maximum atomic E-state index is 13.3. The van der Waals surface area contributed by atoms with E-state index in [1.165, 1.54) is 6.33 Å². The molecule has 0 saturated heterocycles. The van der Waals surface area contributed by atoms with Crippen LogP contribution in [0.25, 0.3) is 22.6 Å². The zero-order valence-electron chi connectivity index (χ0n) is 15.1. The number of aromatic nitrogens is 5. The van der Waals surface area contributed by atoms with Crippen molar-refractivity contribution in [2.45, 2.75) is 13.0 Å². The molecular weight excluding hydrogens is 352 g/mol. The molecule has 0 spiro atoms. The Kier molecular flexibility index (Phi) is 3.97. The van der Waals surface area contributed by atoms with Gasteiger partial charge < -0.3 is 4.90 Å². The SMILES string of the molecule is O=C(c1ccccc1-c1ncn[nH]1)N1CCc2[nH]nc(-c3ccccc3)c2C1. The Morgan fingerprint density at radius 3 is 2.64 bits per heavy atom. The van der Waals surface area contributed by atoms with Crippen LogP contribution in [0.3, 0.4) is 0 Å². The van der Waals surface area contributed by atoms with Gasteiger partial charge in [0.05, 0.1) is 11.3 Å². The van der Waals surface area contributed by atoms with Crippen LogP contribution in [0.15, 0.2) is 60.9 Å². The molecule has 2 N–H and O–H groups in total. The minimum absolute atomic E-state index is 0.0159. The number of nitrogens with zero attached hydrogens (tertiary/aromatic N) is 4. The molecule has 5 rings (SSSR count). The van der Waals surface area contributed by atoms with Crippen molar-refractivity contribution in [1.82, 2.24) is 30.3 Å². The largest absolute Gasteiger partial charge is 0.334 e. The van der Waals surface area contributed by atoms with Crippen molar-refractivity contribution in [2.75, 3.05) is 6.54 Å². The molecule has 28 heavy (non-hydrogen) atoms. The first-order valence-corrected chi connectivity index (χ1v) is 9.17. The zero-order chi connectivity index (χ0) is 18.9. The molecule has 4 aromatic rings. The molecule has 0 fully saturated rings. The molecule has 1 amide bonds. The van der Waals surface area contributed by atoms with Gasteiger partial charge in [-0.1, -0.05) is 48.5 Å². The van der Waals surface area contributed by atoms with Crippen LogP contribution < -0.4 is 0 Å². The number of carbonyl (C=O) groups excluding carboxylic acids is 1. The average molecular weight is 370 g/mol. The summed E-state index contributed by atoms with van der Waals surface area (Å²) in [5.41, 5.74) is 5.53. The fourth-order valence-corrected chi connectivity index (χ4v) is 3.68. The lowest BCUT2D eigenvalue weighted by Gasteiger charge is -2.28. The van der Waals surface area contributed by atoms with E-state index in [0.717, 1.165) is 34.5 Å². The van der Waals surface area contributed by atoms with Crippen LogP contribution in [0.4, 0.5) is 0 Å². The molecule has 0 radical (unpaired) electrons. The number of nitrogens with one attached hydrogen (secondary N) is 2. The number of fused-ring (bicyclic) bond motifs is 1. The van der Waals surface area contributed by atoms with Crippen molar-refractivity contribution in [1.29, 1.82) is 0 Å². The van der Waals surface area contributed by atoms with Crippen LogP contribution in [0.5, 0.6) is 0 Å². The molecule has 138 valence electrons. The molecule has 1 aliphatic rings. The Balaban J connectivity index is 1.48. The Labute approximate surface area is 161 Å². The van der Waals surface area contributed by atoms with Crippen LogP contribution in [-0.2, 0) is 13.0 Å². The first-order chi connectivity index (χ1) is 13.8. The fraction of sp³-hybridized carbons (Fsp3) is 0.143. The molecule has 0 unspecified atom stereocenters. The molecule has 3 heterocycles. The minimum Gasteiger partial charge on any atom is -0.334 e. The molecule has 0 atom stereocenters. The van der Waals surface area contributed by atoms with E-state index in [9.17, 15) is 4.79 Å². The average Bonchev–Trinajstić information content (AvgIpc) is 3.43. The highest BCUT2D eigenvalue weighted by atomic mass is 16.2. The maximum absolute atomic E-state index is 13.3. The lowest BCUT2D eigenvalue weighted by molar-refractivity contribution is 0.0735. The van der Waals surface area contributed by atoms with Crippen molar-refractivity contribution >= 4 is 5.91 Å². The van der Waals surface area contributed by atoms with E-state index in [2.05, 4.69) is 25.4 Å². The number of benzene rings is 2. The molecule has 7 heteroatoms. The summed E-state index contributed by atoms with van der Waals surface area (Å²) in [5, 5.41) is 14.4. The number of rotatable bonds is 3. The summed E-state index contributed by atoms with van der Waals surface area (Å²) in [6.45, 7) is 1.17. The van der Waals surface area contributed by atoms with Crippen molar-refractivity contribution in [3.05, 3.63) is 77.7 Å². The summed E-state index contributed by atoms with van der Waals surface area (Å²) in [6, 6.07) is 17.5. The second-order valence-electron chi connectivity index (χ2n) is 6.75. The minimum atomic E-state index is -0.0159. The lowest BCUT2D eigenvalue weighted by Crippen LogP contribution is -2.36. The topological polar surface area (TPSA) is 90.6 Å². The van der Waals surface area contributed by atoms with Crippen LogP contribution >= 0.6 is 0 Å². The quantitative estimate of drug-likeness (QED) is 0.580. The zero-order valence-corrected chi connectivity index (χ0v) is 15.1. The number of H-pyrrole nitrogens is 2. The second kappa shape index (κ2) is 6.77. The third-order valence-corrected chi connectivity index (χ3v) is 5.10. The number of aromatic amines is 2. The smallest absolute Gasteiger partial charge is 0.254 e. The van der Waals surface area contributed by atoms with Gasteiger partial charge in [0, 0.05) is 41.9 Å². The Bertz CT molecular complexity index is 1120. The first kappa shape index (κ1) is 16.4. The van der Waals surface area contributed by atoms with E-state index in [4.69, 9.17) is 0 Å². The molecular formula is C21H18N6O. The lowest BCUT2D eigenvalue weighted by atomic mass is 9.99. The van der Waals surface area contributed by atoms with Gasteiger partial charge in [0.25, 0.3) is 5.91 Å². The van der Waals surface area contributed by atoms with E-state index in [-0.39, 0.29) is 5.91 Å². The van der Waals surface area contributed by atoms with Crippen molar-refractivity contribution in [3.63, 3.8) is 0 Å². The summed E-state index contributed by atoms with van der Waals surface area (Å²) < 4.78 is 0. The van der Waals surface area contributed by atoms with Gasteiger partial charge in [0.1, 0.15) is 6.33 Å². The van der Waals surface area contributed by atoms with E-state index < -0.39 is 0 Å². The van der Waals surface area contributed by atoms with E-state index >= 15 is 0 Å². The van der Waals surface area contributed by atoms with Crippen LogP contribution in [0.1, 0.15) is 21.6 Å². The van der Waals surface area contributed by atoms with E-state index in [0.29, 0.717) is 24.5 Å². The van der Waals surface area contributed by atoms with Gasteiger partial charge in [0.15, 0.2) is 5.82 Å². The summed E-state index contributed by atoms with van der Waals surface area (Å²) in [4.78, 5) is 19.4. The van der Waals surface area contributed by atoms with Crippen molar-refractivity contribution < 1.29 is 4.79 Å². The highest BCUT2D eigenvalue weighted by molar-refractivity contribution is 6.00. The summed E-state index contributed by atoms with van der Waals surface area (Å²) >= 11 is 0. The van der Waals surface area contributed by atoms with Crippen molar-refractivity contribution in [2.24, 2.45) is 0 Å². The molecule has 1 aliphatic heterocycles. The summed E-state index contributed by atoms with van der Waals surface area (Å²) in [5.74, 6) is 0.577. The molecule has 2 aromatic carbocycles. The fourth-order valence-electron chi connectivity index (χ4n) is 3.68. The van der Waals surface area contributed by atoms with E-state index in [1.54, 1.807) is 0 Å². The van der Waals surface area contributed by atoms with Gasteiger partial charge in [-0.05, 0) is 6.07 Å². The first-order valence-electron chi connectivity index (χ1n) is 9.17. The number of hydrogen-bond donors (Lipinski definition) is 2. The van der Waals surface area contributed by atoms with Crippen LogP contribution in [-0.4, -0.2) is 42.7 Å². The van der Waals surface area contributed by atoms with Gasteiger partial charge in [-0.2, -0.15) is 10.2 Å². The maximum Gasteiger partial charge on any atom is 0.254 e. The third-order valence-electron chi connectivity index (χ3n) is 5.10. The van der Waals surface area contributed by atoms with Crippen molar-refractivity contribution in [3.8, 4) is 22.6 Å². The Morgan fingerprint density at radius 2 is 1.82 bits per heavy atom. The second-order valence-corrected chi connectivity index (χ2v) is 6.75. The van der Waals surface area contributed by atoms with Crippen LogP contribution in [0, 0.1) is 0 Å². The summed E-state index contributed by atoms with van der Waals surface area (Å²) in [7, 11) is 0. The Morgan fingerprint density at radius 1 is 1.00 bits per heavy atom. The number of amides is 1. The molecule has 0 saturated carbocycles. The monoisotopic (exact) mass is 370 g/mol. The van der Waals surface area contributed by atoms with Gasteiger partial charge in [0.2, 0.25) is 0 Å². The molecule has 2 aromatic heterocycles. The number of hydrogen-bond acceptors (Lipinski definition) is 4. The van der Waals surface area contributed by atoms with E-state index in [1.807, 2.05) is 59.5 Å². The highest BCUT2D eigenvalue weighted by Crippen LogP contribution is 2.30. The van der Waals surface area contributed by atoms with Gasteiger partial charge >= 0.3 is 0 Å². The standard InChI is InChI=1S/C21H18N6O/c28-21(16-9-5-4-8-15(16)20-22-13-23-26-20)27-11-10-18-17(12-27)19(25-24-18)14-6-2-1-3-7-14/h1-9,13H,10-12H2,(H,24,25)(H,22,23,26). The third kappa shape index (κ3) is 2.77. The molecule has 7 nitrogen and oxygen atoms in total. The van der Waals surface area contributed by atoms with Gasteiger partial charge in [-0.3, -0.25) is 15.0 Å². The summed E-state index contributed by atoms with van der Waals surface area (Å²) in [6.07, 6.45) is 2.20. The number of carbonyl (C=O) groups is 1. The predicted octanol–water partition coefficient (Wildman–Crippen LogP) is 3.06. The van der Waals surface area contributed by atoms with Crippen LogP contribution in [0.2, 0.25) is 0 Å². The van der Waals surface area contributed by atoms with Gasteiger partial charge in [-0.15, -0.1) is 0 Å².